The van der Waals surface area contributed by atoms with Gasteiger partial charge in [-0.1, -0.05) is 54.5 Å². The van der Waals surface area contributed by atoms with Crippen LogP contribution in [-0.4, -0.2) is 35.9 Å². The van der Waals surface area contributed by atoms with Gasteiger partial charge >= 0.3 is 5.76 Å². The Morgan fingerprint density at radius 2 is 1.86 bits per heavy atom. The molecule has 1 aliphatic heterocycles. The first kappa shape index (κ1) is 8.20. The molecule has 0 radical (unpaired) electrons. The fraction of sp³-hybridized carbons (Fsp3) is 0.208. The molecule has 0 unspecified atom stereocenters. The largest absolute Gasteiger partial charge is 0.417 e. The molecule has 146 valence electrons. The van der Waals surface area contributed by atoms with Crippen LogP contribution in [0.15, 0.2) is 81.9 Å². The van der Waals surface area contributed by atoms with Gasteiger partial charge < -0.3 is 9.32 Å². The molecule has 0 saturated carbocycles. The number of benzene rings is 3. The van der Waals surface area contributed by atoms with Crippen molar-refractivity contribution in [2.24, 2.45) is 0 Å². The Balaban J connectivity index is 1.79. The molecule has 5 heteroatoms. The fourth-order valence-electron chi connectivity index (χ4n) is 2.83. The van der Waals surface area contributed by atoms with Crippen LogP contribution < -0.4 is 10.7 Å². The molecule has 0 atom stereocenters. The first-order valence-corrected chi connectivity index (χ1v) is 8.61. The van der Waals surface area contributed by atoms with Crippen molar-refractivity contribution in [1.82, 2.24) is 9.88 Å². The third-order valence-electron chi connectivity index (χ3n) is 4.12. The Bertz CT molecular complexity index is 1770. The highest BCUT2D eigenvalue weighted by Crippen LogP contribution is 2.26. The number of nitrogens with zero attached hydrogens (tertiary/aromatic N) is 2. The molecule has 4 aromatic rings. The summed E-state index contributed by atoms with van der Waals surface area (Å²) >= 11 is 0. The summed E-state index contributed by atoms with van der Waals surface area (Å²) in [6.45, 7) is -18.4. The van der Waals surface area contributed by atoms with Crippen LogP contribution in [0.5, 0.6) is 0 Å². The fourth-order valence-corrected chi connectivity index (χ4v) is 2.83. The maximum Gasteiger partial charge on any atom is 0.417 e. The number of piperazine rings is 1. The van der Waals surface area contributed by atoms with E-state index in [0.29, 0.717) is 0 Å². The minimum absolute atomic E-state index is 0.0161. The minimum Gasteiger partial charge on any atom is -0.406 e. The molecular formula is C24H23N3O2. The van der Waals surface area contributed by atoms with E-state index in [1.165, 1.54) is 24.3 Å². The number of aromatic amines is 1. The van der Waals surface area contributed by atoms with Gasteiger partial charge in [0.15, 0.2) is 5.58 Å². The quantitative estimate of drug-likeness (QED) is 0.561. The number of H-pyrrole nitrogens is 1. The zero-order valence-corrected chi connectivity index (χ0v) is 14.8. The highest BCUT2D eigenvalue weighted by atomic mass is 16.4. The number of aromatic nitrogens is 1. The lowest BCUT2D eigenvalue weighted by atomic mass is 10.0. The molecular weight excluding hydrogens is 362 g/mol. The molecule has 1 fully saturated rings. The van der Waals surface area contributed by atoms with Crippen LogP contribution in [0.3, 0.4) is 0 Å². The minimum atomic E-state index is -3.77. The molecule has 3 aromatic carbocycles. The van der Waals surface area contributed by atoms with E-state index in [2.05, 4.69) is 4.98 Å². The third kappa shape index (κ3) is 3.69. The Morgan fingerprint density at radius 3 is 2.69 bits per heavy atom. The maximum absolute atomic E-state index is 11.9. The lowest BCUT2D eigenvalue weighted by Gasteiger charge is -2.36. The molecule has 1 aromatic heterocycles. The van der Waals surface area contributed by atoms with Crippen LogP contribution >= 0.6 is 0 Å². The van der Waals surface area contributed by atoms with Gasteiger partial charge in [0.2, 0.25) is 0 Å². The van der Waals surface area contributed by atoms with Crippen molar-refractivity contribution >= 4 is 16.8 Å². The van der Waals surface area contributed by atoms with E-state index in [1.807, 2.05) is 0 Å². The second-order valence-corrected chi connectivity index (χ2v) is 6.01. The topological polar surface area (TPSA) is 52.5 Å². The highest BCUT2D eigenvalue weighted by molar-refractivity contribution is 5.86. The van der Waals surface area contributed by atoms with Crippen LogP contribution in [0.2, 0.25) is 0 Å². The predicted octanol–water partition coefficient (Wildman–Crippen LogP) is 4.11. The van der Waals surface area contributed by atoms with Crippen LogP contribution in [0.1, 0.15) is 24.8 Å². The van der Waals surface area contributed by atoms with Gasteiger partial charge in [-0.3, -0.25) is 9.88 Å². The molecule has 2 heterocycles. The number of fused-ring (bicyclic) bond motifs is 1. The lowest BCUT2D eigenvalue weighted by molar-refractivity contribution is 0.250. The monoisotopic (exact) mass is 399 g/mol. The molecule has 0 spiro atoms. The van der Waals surface area contributed by atoms with E-state index in [4.69, 9.17) is 23.6 Å². The molecule has 0 amide bonds. The first-order chi connectivity index (χ1) is 19.7. The molecule has 0 aliphatic carbocycles. The Hall–Kier alpha value is -3.31. The first-order valence-electron chi connectivity index (χ1n) is 15.6. The standard InChI is InChI=1S/C24H23N3O2/c28-24-25-21-10-5-11-22(23(21)29-24)27-14-12-26(13-15-27)17-18-6-4-9-20(16-18)19-7-2-1-3-8-19/h1-11,16H,12-15,17H2,(H,25,28)/i4D,6D,9D,12D2,13D2,14D2,15D2,16D,17D2. The summed E-state index contributed by atoms with van der Waals surface area (Å²) in [5, 5.41) is 0. The van der Waals surface area contributed by atoms with E-state index in [-0.39, 0.29) is 26.4 Å². The molecule has 1 saturated heterocycles. The van der Waals surface area contributed by atoms with Gasteiger partial charge in [-0.2, -0.15) is 0 Å². The van der Waals surface area contributed by atoms with Crippen molar-refractivity contribution in [2.45, 2.75) is 6.50 Å². The third-order valence-corrected chi connectivity index (χ3v) is 4.12. The second-order valence-electron chi connectivity index (χ2n) is 6.01. The van der Waals surface area contributed by atoms with Gasteiger partial charge in [0.25, 0.3) is 0 Å². The van der Waals surface area contributed by atoms with Gasteiger partial charge in [0.1, 0.15) is 0 Å². The highest BCUT2D eigenvalue weighted by Gasteiger charge is 2.20. The van der Waals surface area contributed by atoms with E-state index in [1.54, 1.807) is 18.2 Å². The van der Waals surface area contributed by atoms with Crippen LogP contribution in [-0.2, 0) is 6.50 Å². The van der Waals surface area contributed by atoms with Gasteiger partial charge in [-0.15, -0.1) is 0 Å². The van der Waals surface area contributed by atoms with Crippen molar-refractivity contribution in [2.75, 3.05) is 30.9 Å². The Kier molecular flexibility index (Phi) is 2.15. The van der Waals surface area contributed by atoms with Crippen LogP contribution in [0.4, 0.5) is 5.69 Å². The SMILES string of the molecule is [2H]c1c([2H])c(-c2ccccc2)c([2H])c(C([2H])([2H])N2C([2H])([2H])C([2H])([2H])N(c3cccc4[nH]c(=O)oc34)C([2H])([2H])C2([2H])[2H])c1[2H]. The summed E-state index contributed by atoms with van der Waals surface area (Å²) < 4.78 is 127. The van der Waals surface area contributed by atoms with Crippen molar-refractivity contribution in [1.29, 1.82) is 0 Å². The summed E-state index contributed by atoms with van der Waals surface area (Å²) in [5.41, 5.74) is -2.13. The number of oxazole rings is 1. The molecule has 29 heavy (non-hydrogen) atoms. The zero-order valence-electron chi connectivity index (χ0n) is 28.8. The van der Waals surface area contributed by atoms with E-state index in [9.17, 15) is 4.79 Å². The van der Waals surface area contributed by atoms with Crippen molar-refractivity contribution in [3.05, 3.63) is 88.8 Å². The molecule has 1 N–H and O–H groups in total. The van der Waals surface area contributed by atoms with Crippen molar-refractivity contribution in [3.8, 4) is 11.1 Å². The number of rotatable bonds is 4. The number of nitrogens with one attached hydrogen (secondary N) is 1. The van der Waals surface area contributed by atoms with Gasteiger partial charge in [-0.25, -0.2) is 4.79 Å². The van der Waals surface area contributed by atoms with Crippen molar-refractivity contribution in [3.63, 3.8) is 0 Å². The van der Waals surface area contributed by atoms with Gasteiger partial charge in [0, 0.05) is 40.7 Å². The summed E-state index contributed by atoms with van der Waals surface area (Å²) in [5.74, 6) is -0.992. The zero-order chi connectivity index (χ0) is 32.1. The molecule has 5 nitrogen and oxygen atoms in total. The van der Waals surface area contributed by atoms with Crippen LogP contribution in [0, 0.1) is 0 Å². The maximum atomic E-state index is 11.9. The number of para-hydroxylation sites is 1. The van der Waals surface area contributed by atoms with E-state index >= 15 is 0 Å². The normalized spacial score (nSPS) is 29.6. The summed E-state index contributed by atoms with van der Waals surface area (Å²) in [6, 6.07) is 7.99. The van der Waals surface area contributed by atoms with E-state index in [0.717, 1.165) is 6.07 Å². The van der Waals surface area contributed by atoms with Gasteiger partial charge in [0.05, 0.1) is 22.2 Å². The average Bonchev–Trinajstić information content (AvgIpc) is 3.27. The second kappa shape index (κ2) is 7.60. The average molecular weight is 400 g/mol. The van der Waals surface area contributed by atoms with E-state index < -0.39 is 79.2 Å². The lowest BCUT2D eigenvalue weighted by Crippen LogP contribution is -2.46. The Morgan fingerprint density at radius 1 is 1.03 bits per heavy atom. The predicted molar refractivity (Wildman–Crippen MR) is 116 cm³/mol. The molecule has 0 bridgehead atoms. The van der Waals surface area contributed by atoms with Gasteiger partial charge in [-0.05, 0) is 34.9 Å². The summed E-state index contributed by atoms with van der Waals surface area (Å²) in [4.78, 5) is 13.9. The number of anilines is 1. The Labute approximate surface area is 188 Å². The smallest absolute Gasteiger partial charge is 0.406 e. The number of hydrogen-bond acceptors (Lipinski definition) is 4. The summed E-state index contributed by atoms with van der Waals surface area (Å²) in [7, 11) is 0. The summed E-state index contributed by atoms with van der Waals surface area (Å²) in [6.07, 6.45) is 0. The van der Waals surface area contributed by atoms with Crippen molar-refractivity contribution < 1.29 is 23.6 Å². The van der Waals surface area contributed by atoms with Crippen LogP contribution in [0.25, 0.3) is 22.2 Å². The molecule has 5 rings (SSSR count). The number of hydrogen-bond donors (Lipinski definition) is 1. The molecule has 1 aliphatic rings.